The van der Waals surface area contributed by atoms with Crippen LogP contribution in [0.25, 0.3) is 5.82 Å². The number of imidazole rings is 1. The molecule has 3 aromatic rings. The van der Waals surface area contributed by atoms with Gasteiger partial charge < -0.3 is 11.1 Å². The third kappa shape index (κ3) is 4.06. The zero-order valence-electron chi connectivity index (χ0n) is 14.9. The van der Waals surface area contributed by atoms with E-state index in [2.05, 4.69) is 25.3 Å². The minimum atomic E-state index is -1.17. The van der Waals surface area contributed by atoms with Crippen molar-refractivity contribution in [3.63, 3.8) is 0 Å². The van der Waals surface area contributed by atoms with Crippen molar-refractivity contribution < 1.29 is 14.4 Å². The fraction of sp³-hybridized carbons (Fsp3) is 0.167. The van der Waals surface area contributed by atoms with E-state index in [0.717, 1.165) is 0 Å². The fourth-order valence-corrected chi connectivity index (χ4v) is 2.64. The minimum Gasteiger partial charge on any atom is -0.363 e. The Balaban J connectivity index is 1.89. The van der Waals surface area contributed by atoms with Crippen molar-refractivity contribution in [2.45, 2.75) is 19.4 Å². The molecule has 3 N–H and O–H groups in total. The van der Waals surface area contributed by atoms with Gasteiger partial charge in [-0.2, -0.15) is 0 Å². The van der Waals surface area contributed by atoms with Crippen LogP contribution in [-0.4, -0.2) is 48.1 Å². The molecule has 10 heteroatoms. The van der Waals surface area contributed by atoms with Crippen LogP contribution < -0.4 is 11.1 Å². The maximum absolute atomic E-state index is 12.8. The number of rotatable bonds is 7. The topological polar surface area (TPSA) is 146 Å². The van der Waals surface area contributed by atoms with E-state index in [1.54, 1.807) is 42.0 Å². The summed E-state index contributed by atoms with van der Waals surface area (Å²) in [5.41, 5.74) is 5.77. The van der Waals surface area contributed by atoms with Gasteiger partial charge in [0.2, 0.25) is 5.78 Å². The summed E-state index contributed by atoms with van der Waals surface area (Å²) in [6, 6.07) is 5.65. The number of carbonyl (C=O) groups is 3. The quantitative estimate of drug-likeness (QED) is 0.539. The molecule has 0 aliphatic rings. The van der Waals surface area contributed by atoms with Crippen LogP contribution in [0.1, 0.15) is 22.0 Å². The van der Waals surface area contributed by atoms with Gasteiger partial charge in [0.05, 0.1) is 6.20 Å². The number of hydrogen-bond acceptors (Lipinski definition) is 7. The number of pyridine rings is 1. The van der Waals surface area contributed by atoms with Crippen LogP contribution in [-0.2, 0) is 16.0 Å². The van der Waals surface area contributed by atoms with Crippen LogP contribution in [0, 0.1) is 6.92 Å². The molecule has 1 atom stereocenters. The molecule has 3 heterocycles. The van der Waals surface area contributed by atoms with Crippen LogP contribution in [0.15, 0.2) is 49.2 Å². The van der Waals surface area contributed by atoms with Gasteiger partial charge in [0.15, 0.2) is 0 Å². The van der Waals surface area contributed by atoms with Gasteiger partial charge >= 0.3 is 0 Å². The third-order valence-electron chi connectivity index (χ3n) is 3.97. The van der Waals surface area contributed by atoms with Gasteiger partial charge in [-0.1, -0.05) is 6.07 Å². The van der Waals surface area contributed by atoms with Gasteiger partial charge in [-0.3, -0.25) is 19.0 Å². The average molecular weight is 379 g/mol. The molecule has 0 fully saturated rings. The van der Waals surface area contributed by atoms with Crippen LogP contribution >= 0.6 is 0 Å². The Morgan fingerprint density at radius 3 is 2.61 bits per heavy atom. The normalized spacial score (nSPS) is 11.6. The van der Waals surface area contributed by atoms with Crippen molar-refractivity contribution in [1.29, 1.82) is 0 Å². The molecule has 0 saturated carbocycles. The highest BCUT2D eigenvalue weighted by Crippen LogP contribution is 2.13. The highest BCUT2D eigenvalue weighted by Gasteiger charge is 2.28. The summed E-state index contributed by atoms with van der Waals surface area (Å²) in [6.07, 6.45) is 5.76. The van der Waals surface area contributed by atoms with Crippen LogP contribution in [0.3, 0.4) is 0 Å². The SMILES string of the molecule is Cc1ncc(C(=O)NC(Cc2ccncn2)C(=O)C(N)=O)n1-c1ccccn1. The second kappa shape index (κ2) is 8.16. The number of nitrogens with zero attached hydrogens (tertiary/aromatic N) is 5. The molecule has 3 rings (SSSR count). The number of hydrogen-bond donors (Lipinski definition) is 2. The molecule has 0 saturated heterocycles. The lowest BCUT2D eigenvalue weighted by molar-refractivity contribution is -0.137. The highest BCUT2D eigenvalue weighted by atomic mass is 16.2. The summed E-state index contributed by atoms with van der Waals surface area (Å²) in [4.78, 5) is 52.6. The van der Waals surface area contributed by atoms with E-state index in [0.29, 0.717) is 17.3 Å². The Hall–Kier alpha value is -3.95. The van der Waals surface area contributed by atoms with Crippen molar-refractivity contribution >= 4 is 17.6 Å². The minimum absolute atomic E-state index is 0.00720. The Labute approximate surface area is 159 Å². The molecular formula is C18H17N7O3. The van der Waals surface area contributed by atoms with Crippen molar-refractivity contribution in [3.05, 3.63) is 66.4 Å². The number of aryl methyl sites for hydroxylation is 1. The summed E-state index contributed by atoms with van der Waals surface area (Å²) in [6.45, 7) is 1.72. The fourth-order valence-electron chi connectivity index (χ4n) is 2.64. The summed E-state index contributed by atoms with van der Waals surface area (Å²) < 4.78 is 1.55. The van der Waals surface area contributed by atoms with E-state index in [9.17, 15) is 14.4 Å². The lowest BCUT2D eigenvalue weighted by Gasteiger charge is -2.16. The van der Waals surface area contributed by atoms with Crippen molar-refractivity contribution in [2.24, 2.45) is 5.73 Å². The summed E-state index contributed by atoms with van der Waals surface area (Å²) in [5, 5.41) is 2.55. The number of carbonyl (C=O) groups excluding carboxylic acids is 3. The summed E-state index contributed by atoms with van der Waals surface area (Å²) in [7, 11) is 0. The lowest BCUT2D eigenvalue weighted by Crippen LogP contribution is -2.47. The first-order valence-electron chi connectivity index (χ1n) is 8.32. The molecule has 10 nitrogen and oxygen atoms in total. The zero-order valence-corrected chi connectivity index (χ0v) is 14.9. The molecule has 3 aromatic heterocycles. The first-order valence-corrected chi connectivity index (χ1v) is 8.32. The molecule has 0 aliphatic heterocycles. The predicted octanol–water partition coefficient (Wildman–Crippen LogP) is -0.239. The van der Waals surface area contributed by atoms with Crippen molar-refractivity contribution in [3.8, 4) is 5.82 Å². The maximum Gasteiger partial charge on any atom is 0.287 e. The largest absolute Gasteiger partial charge is 0.363 e. The number of primary amides is 1. The standard InChI is InChI=1S/C18H17N7O3/c1-11-22-9-14(25(11)15-4-2-3-6-21-15)18(28)24-13(16(26)17(19)27)8-12-5-7-20-10-23-12/h2-7,9-10,13H,8H2,1H3,(H2,19,27)(H,24,28). The first-order chi connectivity index (χ1) is 13.5. The molecular weight excluding hydrogens is 362 g/mol. The first kappa shape index (κ1) is 18.8. The van der Waals surface area contributed by atoms with E-state index < -0.39 is 23.6 Å². The van der Waals surface area contributed by atoms with Gasteiger partial charge in [-0.15, -0.1) is 0 Å². The third-order valence-corrected chi connectivity index (χ3v) is 3.97. The van der Waals surface area contributed by atoms with E-state index in [1.807, 2.05) is 0 Å². The molecule has 142 valence electrons. The number of ketones is 1. The molecule has 28 heavy (non-hydrogen) atoms. The number of Topliss-reactive ketones (excluding diaryl/α,β-unsaturated/α-hetero) is 1. The smallest absolute Gasteiger partial charge is 0.287 e. The van der Waals surface area contributed by atoms with E-state index in [-0.39, 0.29) is 12.1 Å². The number of amides is 2. The van der Waals surface area contributed by atoms with Gasteiger partial charge in [0, 0.05) is 24.5 Å². The molecule has 0 spiro atoms. The van der Waals surface area contributed by atoms with Crippen LogP contribution in [0.5, 0.6) is 0 Å². The predicted molar refractivity (Wildman–Crippen MR) is 97.3 cm³/mol. The van der Waals surface area contributed by atoms with Gasteiger partial charge in [-0.05, 0) is 25.1 Å². The second-order valence-electron chi connectivity index (χ2n) is 5.87. The average Bonchev–Trinajstić information content (AvgIpc) is 3.09. The zero-order chi connectivity index (χ0) is 20.1. The molecule has 0 aromatic carbocycles. The van der Waals surface area contributed by atoms with E-state index in [1.165, 1.54) is 18.7 Å². The van der Waals surface area contributed by atoms with Gasteiger partial charge in [0.1, 0.15) is 29.7 Å². The van der Waals surface area contributed by atoms with Crippen molar-refractivity contribution in [2.75, 3.05) is 0 Å². The van der Waals surface area contributed by atoms with E-state index in [4.69, 9.17) is 5.73 Å². The maximum atomic E-state index is 12.8. The van der Waals surface area contributed by atoms with Gasteiger partial charge in [-0.25, -0.2) is 19.9 Å². The number of nitrogens with one attached hydrogen (secondary N) is 1. The number of nitrogens with two attached hydrogens (primary N) is 1. The number of aromatic nitrogens is 5. The Morgan fingerprint density at radius 1 is 1.14 bits per heavy atom. The molecule has 0 radical (unpaired) electrons. The Morgan fingerprint density at radius 2 is 1.96 bits per heavy atom. The molecule has 0 bridgehead atoms. The summed E-state index contributed by atoms with van der Waals surface area (Å²) >= 11 is 0. The van der Waals surface area contributed by atoms with Crippen molar-refractivity contribution in [1.82, 2.24) is 29.8 Å². The summed E-state index contributed by atoms with van der Waals surface area (Å²) in [5.74, 6) is -1.63. The lowest BCUT2D eigenvalue weighted by atomic mass is 10.1. The second-order valence-corrected chi connectivity index (χ2v) is 5.87. The Kier molecular flexibility index (Phi) is 5.49. The van der Waals surface area contributed by atoms with Crippen LogP contribution in [0.2, 0.25) is 0 Å². The monoisotopic (exact) mass is 379 g/mol. The molecule has 1 unspecified atom stereocenters. The molecule has 2 amide bonds. The van der Waals surface area contributed by atoms with E-state index >= 15 is 0 Å². The molecule has 0 aliphatic carbocycles. The Bertz CT molecular complexity index is 1000. The van der Waals surface area contributed by atoms with Gasteiger partial charge in [0.25, 0.3) is 11.8 Å². The highest BCUT2D eigenvalue weighted by molar-refractivity contribution is 6.38. The van der Waals surface area contributed by atoms with Crippen LogP contribution in [0.4, 0.5) is 0 Å².